The van der Waals surface area contributed by atoms with Crippen molar-refractivity contribution in [3.63, 3.8) is 0 Å². The van der Waals surface area contributed by atoms with Crippen LogP contribution in [0.2, 0.25) is 0 Å². The third kappa shape index (κ3) is 5.57. The lowest BCUT2D eigenvalue weighted by molar-refractivity contribution is -0.120. The predicted octanol–water partition coefficient (Wildman–Crippen LogP) is 2.46. The molecule has 0 radical (unpaired) electrons. The van der Waals surface area contributed by atoms with Crippen LogP contribution in [0.1, 0.15) is 22.8 Å². The number of morpholine rings is 1. The molecule has 0 saturated carbocycles. The Labute approximate surface area is 165 Å². The van der Waals surface area contributed by atoms with Crippen molar-refractivity contribution in [2.75, 3.05) is 44.4 Å². The van der Waals surface area contributed by atoms with Crippen LogP contribution in [0.4, 0.5) is 5.69 Å². The number of amides is 1. The first-order valence-corrected chi connectivity index (χ1v) is 9.60. The van der Waals surface area contributed by atoms with Crippen molar-refractivity contribution in [1.82, 2.24) is 5.32 Å². The van der Waals surface area contributed by atoms with E-state index in [1.807, 2.05) is 55.5 Å². The molecule has 1 aliphatic heterocycles. The number of nitrogens with one attached hydrogen (secondary N) is 1. The van der Waals surface area contributed by atoms with E-state index in [4.69, 9.17) is 9.47 Å². The maximum atomic E-state index is 12.3. The summed E-state index contributed by atoms with van der Waals surface area (Å²) in [6.07, 6.45) is 0.232. The Morgan fingerprint density at radius 3 is 2.36 bits per heavy atom. The number of anilines is 1. The number of carbonyl (C=O) groups excluding carboxylic acids is 2. The maximum Gasteiger partial charge on any atom is 0.224 e. The third-order valence-electron chi connectivity index (χ3n) is 4.61. The lowest BCUT2D eigenvalue weighted by Gasteiger charge is -2.28. The van der Waals surface area contributed by atoms with Crippen molar-refractivity contribution in [3.05, 3.63) is 59.7 Å². The van der Waals surface area contributed by atoms with Gasteiger partial charge in [-0.25, -0.2) is 0 Å². The van der Waals surface area contributed by atoms with E-state index < -0.39 is 0 Å². The number of hydrogen-bond donors (Lipinski definition) is 1. The summed E-state index contributed by atoms with van der Waals surface area (Å²) in [4.78, 5) is 26.7. The second kappa shape index (κ2) is 9.90. The minimum absolute atomic E-state index is 0.00718. The molecule has 0 unspecified atom stereocenters. The van der Waals surface area contributed by atoms with E-state index in [2.05, 4.69) is 10.2 Å². The van der Waals surface area contributed by atoms with Gasteiger partial charge < -0.3 is 19.7 Å². The Hall–Kier alpha value is -2.86. The molecule has 28 heavy (non-hydrogen) atoms. The van der Waals surface area contributed by atoms with Crippen LogP contribution in [0.3, 0.4) is 0 Å². The molecule has 1 heterocycles. The molecule has 1 saturated heterocycles. The third-order valence-corrected chi connectivity index (χ3v) is 4.61. The van der Waals surface area contributed by atoms with Gasteiger partial charge in [-0.15, -0.1) is 0 Å². The average molecular weight is 382 g/mol. The Bertz CT molecular complexity index is 781. The Morgan fingerprint density at radius 1 is 1.04 bits per heavy atom. The number of nitrogens with zero attached hydrogens (tertiary/aromatic N) is 1. The maximum absolute atomic E-state index is 12.3. The highest BCUT2D eigenvalue weighted by Gasteiger charge is 2.13. The van der Waals surface area contributed by atoms with Crippen molar-refractivity contribution in [1.29, 1.82) is 0 Å². The monoisotopic (exact) mass is 382 g/mol. The molecule has 3 rings (SSSR count). The molecule has 1 fully saturated rings. The van der Waals surface area contributed by atoms with E-state index in [9.17, 15) is 9.59 Å². The highest BCUT2D eigenvalue weighted by atomic mass is 16.5. The summed E-state index contributed by atoms with van der Waals surface area (Å²) in [5.74, 6) is 0.499. The molecular formula is C22H26N2O4. The van der Waals surface area contributed by atoms with Crippen LogP contribution in [0.25, 0.3) is 0 Å². The zero-order valence-electron chi connectivity index (χ0n) is 16.1. The quantitative estimate of drug-likeness (QED) is 0.711. The lowest BCUT2D eigenvalue weighted by atomic mass is 10.1. The van der Waals surface area contributed by atoms with Gasteiger partial charge in [-0.3, -0.25) is 9.59 Å². The molecule has 2 aromatic carbocycles. The molecule has 1 amide bonds. The summed E-state index contributed by atoms with van der Waals surface area (Å²) in [6, 6.07) is 14.9. The van der Waals surface area contributed by atoms with Gasteiger partial charge in [0.1, 0.15) is 5.75 Å². The zero-order valence-corrected chi connectivity index (χ0v) is 16.1. The van der Waals surface area contributed by atoms with Gasteiger partial charge in [-0.05, 0) is 48.9 Å². The van der Waals surface area contributed by atoms with Gasteiger partial charge >= 0.3 is 0 Å². The average Bonchev–Trinajstić information content (AvgIpc) is 2.74. The van der Waals surface area contributed by atoms with E-state index >= 15 is 0 Å². The number of Topliss-reactive ketones (excluding diaryl/α,β-unsaturated/α-hetero) is 1. The molecule has 6 nitrogen and oxygen atoms in total. The fourth-order valence-electron chi connectivity index (χ4n) is 3.08. The summed E-state index contributed by atoms with van der Waals surface area (Å²) < 4.78 is 10.7. The number of hydrogen-bond acceptors (Lipinski definition) is 5. The van der Waals surface area contributed by atoms with E-state index in [1.165, 1.54) is 0 Å². The number of ether oxygens (including phenoxy) is 2. The minimum Gasteiger partial charge on any atom is -0.494 e. The number of rotatable bonds is 8. The van der Waals surface area contributed by atoms with Crippen LogP contribution in [0, 0.1) is 0 Å². The van der Waals surface area contributed by atoms with E-state index in [1.54, 1.807) is 0 Å². The van der Waals surface area contributed by atoms with Gasteiger partial charge in [-0.1, -0.05) is 12.1 Å². The molecule has 2 aromatic rings. The summed E-state index contributed by atoms with van der Waals surface area (Å²) in [7, 11) is 0. The predicted molar refractivity (Wildman–Crippen MR) is 108 cm³/mol. The number of ketones is 1. The topological polar surface area (TPSA) is 67.9 Å². The van der Waals surface area contributed by atoms with Crippen molar-refractivity contribution in [3.8, 4) is 5.75 Å². The van der Waals surface area contributed by atoms with Gasteiger partial charge in [-0.2, -0.15) is 0 Å². The van der Waals surface area contributed by atoms with Gasteiger partial charge in [0.2, 0.25) is 5.91 Å². The van der Waals surface area contributed by atoms with Crippen LogP contribution >= 0.6 is 0 Å². The second-order valence-corrected chi connectivity index (χ2v) is 6.60. The molecule has 0 aromatic heterocycles. The summed E-state index contributed by atoms with van der Waals surface area (Å²) in [6.45, 7) is 5.68. The first kappa shape index (κ1) is 19.9. The second-order valence-electron chi connectivity index (χ2n) is 6.60. The van der Waals surface area contributed by atoms with Gasteiger partial charge in [0, 0.05) is 24.3 Å². The molecule has 0 spiro atoms. The summed E-state index contributed by atoms with van der Waals surface area (Å²) in [5, 5.41) is 2.70. The molecule has 0 aliphatic carbocycles. The molecule has 0 bridgehead atoms. The van der Waals surface area contributed by atoms with Crippen LogP contribution in [-0.2, 0) is 16.0 Å². The summed E-state index contributed by atoms with van der Waals surface area (Å²) in [5.41, 5.74) is 2.56. The van der Waals surface area contributed by atoms with E-state index in [-0.39, 0.29) is 24.7 Å². The SMILES string of the molecule is CCOc1ccc(CC(=O)NCC(=O)c2ccc(N3CCOCC3)cc2)cc1. The Balaban J connectivity index is 1.47. The molecule has 1 N–H and O–H groups in total. The Morgan fingerprint density at radius 2 is 1.71 bits per heavy atom. The van der Waals surface area contributed by atoms with Crippen molar-refractivity contribution < 1.29 is 19.1 Å². The van der Waals surface area contributed by atoms with E-state index in [0.717, 1.165) is 43.3 Å². The van der Waals surface area contributed by atoms with Crippen molar-refractivity contribution in [2.45, 2.75) is 13.3 Å². The lowest BCUT2D eigenvalue weighted by Crippen LogP contribution is -2.36. The van der Waals surface area contributed by atoms with Gasteiger partial charge in [0.05, 0.1) is 32.8 Å². The van der Waals surface area contributed by atoms with Gasteiger partial charge in [0.25, 0.3) is 0 Å². The normalized spacial score (nSPS) is 13.8. The highest BCUT2D eigenvalue weighted by molar-refractivity contribution is 5.99. The molecule has 0 atom stereocenters. The number of carbonyl (C=O) groups is 2. The molecule has 6 heteroatoms. The minimum atomic E-state index is -0.178. The van der Waals surface area contributed by atoms with Crippen LogP contribution < -0.4 is 15.0 Å². The highest BCUT2D eigenvalue weighted by Crippen LogP contribution is 2.17. The zero-order chi connectivity index (χ0) is 19.8. The van der Waals surface area contributed by atoms with Crippen LogP contribution in [0.5, 0.6) is 5.75 Å². The first-order valence-electron chi connectivity index (χ1n) is 9.60. The van der Waals surface area contributed by atoms with Crippen LogP contribution in [0.15, 0.2) is 48.5 Å². The molecular weight excluding hydrogens is 356 g/mol. The van der Waals surface area contributed by atoms with Gasteiger partial charge in [0.15, 0.2) is 5.78 Å². The largest absolute Gasteiger partial charge is 0.494 e. The smallest absolute Gasteiger partial charge is 0.224 e. The molecule has 1 aliphatic rings. The standard InChI is InChI=1S/C22H26N2O4/c1-2-28-20-9-3-17(4-10-20)15-22(26)23-16-21(25)18-5-7-19(8-6-18)24-11-13-27-14-12-24/h3-10H,2,11-16H2,1H3,(H,23,26). The Kier molecular flexibility index (Phi) is 7.03. The van der Waals surface area contributed by atoms with Crippen LogP contribution in [-0.4, -0.2) is 51.1 Å². The fraction of sp³-hybridized carbons (Fsp3) is 0.364. The van der Waals surface area contributed by atoms with E-state index in [0.29, 0.717) is 12.2 Å². The number of benzene rings is 2. The van der Waals surface area contributed by atoms with Crippen molar-refractivity contribution >= 4 is 17.4 Å². The molecule has 148 valence electrons. The van der Waals surface area contributed by atoms with Crippen molar-refractivity contribution in [2.24, 2.45) is 0 Å². The summed E-state index contributed by atoms with van der Waals surface area (Å²) >= 11 is 0. The fourth-order valence-corrected chi connectivity index (χ4v) is 3.08. The first-order chi connectivity index (χ1) is 13.7.